The van der Waals surface area contributed by atoms with E-state index in [0.717, 1.165) is 23.9 Å². The Balaban J connectivity index is 2.10. The predicted octanol–water partition coefficient (Wildman–Crippen LogP) is 2.08. The number of aromatic nitrogens is 2. The molecule has 1 aliphatic rings. The van der Waals surface area contributed by atoms with E-state index < -0.39 is 12.0 Å². The number of anilines is 1. The van der Waals surface area contributed by atoms with Crippen LogP contribution in [0.25, 0.3) is 11.0 Å². The fourth-order valence-electron chi connectivity index (χ4n) is 2.74. The van der Waals surface area contributed by atoms with E-state index in [4.69, 9.17) is 4.74 Å². The monoisotopic (exact) mass is 287 g/mol. The minimum atomic E-state index is -0.827. The van der Waals surface area contributed by atoms with E-state index in [1.165, 1.54) is 7.11 Å². The summed E-state index contributed by atoms with van der Waals surface area (Å²) in [4.78, 5) is 22.3. The van der Waals surface area contributed by atoms with E-state index in [1.54, 1.807) is 4.90 Å². The highest BCUT2D eigenvalue weighted by Crippen LogP contribution is 2.31. The Bertz CT molecular complexity index is 674. The minimum Gasteiger partial charge on any atom is -0.480 e. The van der Waals surface area contributed by atoms with E-state index >= 15 is 0 Å². The van der Waals surface area contributed by atoms with Gasteiger partial charge in [0.05, 0.1) is 18.1 Å². The molecule has 0 bridgehead atoms. The molecule has 6 heteroatoms. The van der Waals surface area contributed by atoms with Crippen molar-refractivity contribution < 1.29 is 14.6 Å². The minimum absolute atomic E-state index is 0.377. The lowest BCUT2D eigenvalue weighted by Crippen LogP contribution is -2.45. The number of fused-ring (bicyclic) bond motifs is 1. The average Bonchev–Trinajstić information content (AvgIpc) is 2.53. The summed E-state index contributed by atoms with van der Waals surface area (Å²) in [6.07, 6.45) is 2.48. The molecule has 1 atom stereocenters. The van der Waals surface area contributed by atoms with Crippen LogP contribution in [0, 0.1) is 0 Å². The van der Waals surface area contributed by atoms with Gasteiger partial charge in [0.1, 0.15) is 6.04 Å². The van der Waals surface area contributed by atoms with Crippen molar-refractivity contribution in [2.45, 2.75) is 25.3 Å². The molecule has 1 aromatic carbocycles. The second-order valence-electron chi connectivity index (χ2n) is 5.09. The van der Waals surface area contributed by atoms with E-state index in [1.807, 2.05) is 24.3 Å². The van der Waals surface area contributed by atoms with Gasteiger partial charge in [-0.05, 0) is 31.4 Å². The van der Waals surface area contributed by atoms with Crippen molar-refractivity contribution in [3.8, 4) is 5.88 Å². The van der Waals surface area contributed by atoms with Gasteiger partial charge in [-0.25, -0.2) is 14.8 Å². The van der Waals surface area contributed by atoms with Gasteiger partial charge in [0.25, 0.3) is 5.88 Å². The zero-order valence-electron chi connectivity index (χ0n) is 11.8. The van der Waals surface area contributed by atoms with Gasteiger partial charge < -0.3 is 14.7 Å². The zero-order chi connectivity index (χ0) is 14.8. The summed E-state index contributed by atoms with van der Waals surface area (Å²) in [5.74, 6) is 0.0665. The van der Waals surface area contributed by atoms with Crippen LogP contribution in [0.3, 0.4) is 0 Å². The first-order valence-electron chi connectivity index (χ1n) is 7.01. The Hall–Kier alpha value is -2.37. The molecule has 2 heterocycles. The summed E-state index contributed by atoms with van der Waals surface area (Å²) in [6, 6.07) is 6.93. The van der Waals surface area contributed by atoms with Crippen LogP contribution < -0.4 is 9.64 Å². The van der Waals surface area contributed by atoms with Gasteiger partial charge in [0.2, 0.25) is 0 Å². The van der Waals surface area contributed by atoms with Crippen molar-refractivity contribution in [1.29, 1.82) is 0 Å². The number of aliphatic carboxylic acids is 1. The van der Waals surface area contributed by atoms with Gasteiger partial charge >= 0.3 is 5.97 Å². The van der Waals surface area contributed by atoms with Crippen molar-refractivity contribution >= 4 is 22.8 Å². The maximum atomic E-state index is 11.5. The number of carboxylic acid groups (broad SMARTS) is 1. The van der Waals surface area contributed by atoms with Gasteiger partial charge in [0, 0.05) is 6.54 Å². The van der Waals surface area contributed by atoms with Crippen LogP contribution in [-0.4, -0.2) is 40.7 Å². The summed E-state index contributed by atoms with van der Waals surface area (Å²) >= 11 is 0. The van der Waals surface area contributed by atoms with Crippen LogP contribution in [0.15, 0.2) is 24.3 Å². The molecule has 0 aliphatic carbocycles. The lowest BCUT2D eigenvalue weighted by molar-refractivity contribution is -0.139. The molecule has 1 aromatic heterocycles. The first kappa shape index (κ1) is 13.6. The third-order valence-corrected chi connectivity index (χ3v) is 3.77. The molecule has 3 rings (SSSR count). The smallest absolute Gasteiger partial charge is 0.326 e. The average molecular weight is 287 g/mol. The lowest BCUT2D eigenvalue weighted by Gasteiger charge is -2.34. The van der Waals surface area contributed by atoms with E-state index in [0.29, 0.717) is 24.7 Å². The molecule has 0 saturated carbocycles. The summed E-state index contributed by atoms with van der Waals surface area (Å²) in [5.41, 5.74) is 1.48. The number of para-hydroxylation sites is 2. The highest BCUT2D eigenvalue weighted by molar-refractivity contribution is 5.81. The number of nitrogens with zero attached hydrogens (tertiary/aromatic N) is 3. The number of methoxy groups -OCH3 is 1. The number of hydrogen-bond acceptors (Lipinski definition) is 5. The molecule has 6 nitrogen and oxygen atoms in total. The lowest BCUT2D eigenvalue weighted by atomic mass is 10.0. The quantitative estimate of drug-likeness (QED) is 0.931. The highest BCUT2D eigenvalue weighted by atomic mass is 16.5. The van der Waals surface area contributed by atoms with Crippen LogP contribution in [0.2, 0.25) is 0 Å². The number of ether oxygens (including phenoxy) is 1. The number of carbonyl (C=O) groups is 1. The zero-order valence-corrected chi connectivity index (χ0v) is 11.8. The first-order chi connectivity index (χ1) is 10.2. The standard InChI is InChI=1S/C15H17N3O3/c1-21-14-13(16-10-6-2-3-7-11(10)17-14)18-9-5-4-8-12(18)15(19)20/h2-3,6-7,12H,4-5,8-9H2,1H3,(H,19,20)/t12-/m0/s1. The van der Waals surface area contributed by atoms with E-state index in [-0.39, 0.29) is 0 Å². The van der Waals surface area contributed by atoms with Crippen molar-refractivity contribution in [3.63, 3.8) is 0 Å². The number of carboxylic acids is 1. The van der Waals surface area contributed by atoms with Gasteiger partial charge in [-0.1, -0.05) is 12.1 Å². The van der Waals surface area contributed by atoms with Gasteiger partial charge in [0.15, 0.2) is 5.82 Å². The fraction of sp³-hybridized carbons (Fsp3) is 0.400. The molecule has 0 spiro atoms. The maximum Gasteiger partial charge on any atom is 0.326 e. The van der Waals surface area contributed by atoms with E-state index in [9.17, 15) is 9.90 Å². The Morgan fingerprint density at radius 2 is 2.00 bits per heavy atom. The van der Waals surface area contributed by atoms with Gasteiger partial charge in [-0.15, -0.1) is 0 Å². The molecule has 21 heavy (non-hydrogen) atoms. The van der Waals surface area contributed by atoms with Crippen molar-refractivity contribution in [2.24, 2.45) is 0 Å². The van der Waals surface area contributed by atoms with Crippen molar-refractivity contribution in [3.05, 3.63) is 24.3 Å². The molecule has 110 valence electrons. The molecule has 2 aromatic rings. The Kier molecular flexibility index (Phi) is 3.60. The number of benzene rings is 1. The predicted molar refractivity (Wildman–Crippen MR) is 78.7 cm³/mol. The summed E-state index contributed by atoms with van der Waals surface area (Å²) in [6.45, 7) is 0.653. The van der Waals surface area contributed by atoms with E-state index in [2.05, 4.69) is 9.97 Å². The molecular weight excluding hydrogens is 270 g/mol. The van der Waals surface area contributed by atoms with Crippen molar-refractivity contribution in [1.82, 2.24) is 9.97 Å². The van der Waals surface area contributed by atoms with Crippen LogP contribution in [-0.2, 0) is 4.79 Å². The Labute approximate surface area is 122 Å². The van der Waals surface area contributed by atoms with Gasteiger partial charge in [-0.2, -0.15) is 0 Å². The molecule has 1 saturated heterocycles. The third kappa shape index (κ3) is 2.49. The summed E-state index contributed by atoms with van der Waals surface area (Å²) < 4.78 is 5.33. The van der Waals surface area contributed by atoms with Gasteiger partial charge in [-0.3, -0.25) is 0 Å². The van der Waals surface area contributed by atoms with Crippen LogP contribution in [0.5, 0.6) is 5.88 Å². The maximum absolute atomic E-state index is 11.5. The first-order valence-corrected chi connectivity index (χ1v) is 7.01. The molecular formula is C15H17N3O3. The molecule has 1 N–H and O–H groups in total. The molecule has 0 radical (unpaired) electrons. The van der Waals surface area contributed by atoms with Crippen molar-refractivity contribution in [2.75, 3.05) is 18.6 Å². The molecule has 1 aliphatic heterocycles. The molecule has 1 fully saturated rings. The summed E-state index contributed by atoms with van der Waals surface area (Å²) in [5, 5.41) is 9.42. The normalized spacial score (nSPS) is 18.7. The molecule has 0 amide bonds. The summed E-state index contributed by atoms with van der Waals surface area (Å²) in [7, 11) is 1.53. The van der Waals surface area contributed by atoms with Crippen LogP contribution in [0.4, 0.5) is 5.82 Å². The Morgan fingerprint density at radius 3 is 2.67 bits per heavy atom. The number of piperidine rings is 1. The topological polar surface area (TPSA) is 75.6 Å². The fourth-order valence-corrected chi connectivity index (χ4v) is 2.74. The number of rotatable bonds is 3. The molecule has 0 unspecified atom stereocenters. The van der Waals surface area contributed by atoms with Crippen LogP contribution in [0.1, 0.15) is 19.3 Å². The largest absolute Gasteiger partial charge is 0.480 e. The third-order valence-electron chi connectivity index (χ3n) is 3.77. The van der Waals surface area contributed by atoms with Crippen LogP contribution >= 0.6 is 0 Å². The Morgan fingerprint density at radius 1 is 1.29 bits per heavy atom. The number of hydrogen-bond donors (Lipinski definition) is 1. The SMILES string of the molecule is COc1nc2ccccc2nc1N1CCCC[C@H]1C(=O)O. The second-order valence-corrected chi connectivity index (χ2v) is 5.09. The second kappa shape index (κ2) is 5.55. The highest BCUT2D eigenvalue weighted by Gasteiger charge is 2.31.